The molecule has 156 valence electrons. The maximum Gasteiger partial charge on any atom is 0.243 e. The number of carbonyl (C=O) groups is 1. The number of sulfonamides is 1. The van der Waals surface area contributed by atoms with Crippen molar-refractivity contribution >= 4 is 27.3 Å². The molecule has 0 aromatic heterocycles. The number of carbonyl (C=O) groups excluding carboxylic acids is 1. The molecule has 0 spiro atoms. The summed E-state index contributed by atoms with van der Waals surface area (Å²) in [6.45, 7) is 2.51. The van der Waals surface area contributed by atoms with E-state index >= 15 is 0 Å². The van der Waals surface area contributed by atoms with Crippen LogP contribution in [0.2, 0.25) is 0 Å². The van der Waals surface area contributed by atoms with Gasteiger partial charge in [-0.25, -0.2) is 17.2 Å². The van der Waals surface area contributed by atoms with E-state index < -0.39 is 27.6 Å². The second kappa shape index (κ2) is 8.87. The van der Waals surface area contributed by atoms with Crippen molar-refractivity contribution in [3.63, 3.8) is 0 Å². The Bertz CT molecular complexity index is 986. The summed E-state index contributed by atoms with van der Waals surface area (Å²) in [6.07, 6.45) is 2.69. The molecule has 1 aliphatic rings. The standard InChI is InChI=1S/C20H23F2N3O3S/c1-14-5-6-18(29(27,28)25-7-3-2-4-8-25)12-19(14)24-20(26)13-23-17-10-15(21)9-16(22)11-17/h5-6,9-12,23H,2-4,7-8,13H2,1H3,(H,24,26). The molecule has 0 bridgehead atoms. The van der Waals surface area contributed by atoms with Crippen LogP contribution in [0.5, 0.6) is 0 Å². The minimum atomic E-state index is -3.62. The van der Waals surface area contributed by atoms with E-state index in [0.29, 0.717) is 24.3 Å². The largest absolute Gasteiger partial charge is 0.376 e. The topological polar surface area (TPSA) is 78.5 Å². The fourth-order valence-electron chi connectivity index (χ4n) is 3.18. The molecular weight excluding hydrogens is 400 g/mol. The van der Waals surface area contributed by atoms with Crippen molar-refractivity contribution in [2.75, 3.05) is 30.3 Å². The fourth-order valence-corrected chi connectivity index (χ4v) is 4.73. The molecule has 1 fully saturated rings. The molecule has 1 aliphatic heterocycles. The average Bonchev–Trinajstić information content (AvgIpc) is 2.68. The lowest BCUT2D eigenvalue weighted by Gasteiger charge is -2.26. The van der Waals surface area contributed by atoms with Gasteiger partial charge in [-0.1, -0.05) is 12.5 Å². The van der Waals surface area contributed by atoms with Crippen molar-refractivity contribution in [3.8, 4) is 0 Å². The van der Waals surface area contributed by atoms with E-state index in [1.807, 2.05) is 0 Å². The highest BCUT2D eigenvalue weighted by Crippen LogP contribution is 2.25. The van der Waals surface area contributed by atoms with Gasteiger partial charge in [0.15, 0.2) is 0 Å². The van der Waals surface area contributed by atoms with Crippen molar-refractivity contribution in [1.29, 1.82) is 0 Å². The number of hydrogen-bond acceptors (Lipinski definition) is 4. The van der Waals surface area contributed by atoms with E-state index in [1.54, 1.807) is 13.0 Å². The number of anilines is 2. The lowest BCUT2D eigenvalue weighted by molar-refractivity contribution is -0.114. The Morgan fingerprint density at radius 2 is 1.69 bits per heavy atom. The summed E-state index contributed by atoms with van der Waals surface area (Å²) in [5.41, 5.74) is 1.21. The van der Waals surface area contributed by atoms with E-state index in [0.717, 1.165) is 37.5 Å². The number of amides is 1. The first-order valence-corrected chi connectivity index (χ1v) is 10.8. The van der Waals surface area contributed by atoms with E-state index in [4.69, 9.17) is 0 Å². The maximum atomic E-state index is 13.2. The molecule has 9 heteroatoms. The summed E-state index contributed by atoms with van der Waals surface area (Å²) in [5.74, 6) is -1.97. The first-order valence-electron chi connectivity index (χ1n) is 9.36. The number of nitrogens with one attached hydrogen (secondary N) is 2. The summed E-state index contributed by atoms with van der Waals surface area (Å²) < 4.78 is 53.6. The second-order valence-electron chi connectivity index (χ2n) is 7.00. The monoisotopic (exact) mass is 423 g/mol. The Morgan fingerprint density at radius 1 is 1.03 bits per heavy atom. The number of piperidine rings is 1. The summed E-state index contributed by atoms with van der Waals surface area (Å²) in [4.78, 5) is 12.4. The molecule has 2 aromatic carbocycles. The predicted octanol–water partition coefficient (Wildman–Crippen LogP) is 3.50. The minimum Gasteiger partial charge on any atom is -0.376 e. The van der Waals surface area contributed by atoms with E-state index in [1.165, 1.54) is 16.4 Å². The maximum absolute atomic E-state index is 13.2. The minimum absolute atomic E-state index is 0.125. The Labute approximate surface area is 169 Å². The van der Waals surface area contributed by atoms with Crippen LogP contribution < -0.4 is 10.6 Å². The number of halogens is 2. The van der Waals surface area contributed by atoms with Gasteiger partial charge in [0.25, 0.3) is 0 Å². The number of benzene rings is 2. The molecule has 0 saturated carbocycles. The summed E-state index contributed by atoms with van der Waals surface area (Å²) in [6, 6.07) is 7.51. The van der Waals surface area contributed by atoms with Crippen molar-refractivity contribution in [2.24, 2.45) is 0 Å². The van der Waals surface area contributed by atoms with Crippen molar-refractivity contribution < 1.29 is 22.0 Å². The molecule has 0 aliphatic carbocycles. The number of hydrogen-bond donors (Lipinski definition) is 2. The van der Waals surface area contributed by atoms with Gasteiger partial charge in [-0.2, -0.15) is 4.31 Å². The zero-order valence-corrected chi connectivity index (χ0v) is 16.9. The molecule has 0 atom stereocenters. The van der Waals surface area contributed by atoms with Crippen LogP contribution >= 0.6 is 0 Å². The predicted molar refractivity (Wildman–Crippen MR) is 107 cm³/mol. The van der Waals surface area contributed by atoms with Crippen LogP contribution in [0, 0.1) is 18.6 Å². The Kier molecular flexibility index (Phi) is 6.49. The summed E-state index contributed by atoms with van der Waals surface area (Å²) in [5, 5.41) is 5.30. The zero-order valence-electron chi connectivity index (χ0n) is 16.0. The zero-order chi connectivity index (χ0) is 21.0. The fraction of sp³-hybridized carbons (Fsp3) is 0.350. The molecular formula is C20H23F2N3O3S. The van der Waals surface area contributed by atoms with Gasteiger partial charge in [-0.05, 0) is 49.6 Å². The lowest BCUT2D eigenvalue weighted by atomic mass is 10.2. The van der Waals surface area contributed by atoms with Crippen LogP contribution in [0.25, 0.3) is 0 Å². The third-order valence-electron chi connectivity index (χ3n) is 4.75. The molecule has 0 unspecified atom stereocenters. The van der Waals surface area contributed by atoms with Gasteiger partial charge in [0.05, 0.1) is 11.4 Å². The van der Waals surface area contributed by atoms with Gasteiger partial charge in [-0.15, -0.1) is 0 Å². The van der Waals surface area contributed by atoms with Gasteiger partial charge >= 0.3 is 0 Å². The smallest absolute Gasteiger partial charge is 0.243 e. The van der Waals surface area contributed by atoms with Crippen LogP contribution in [0.4, 0.5) is 20.2 Å². The lowest BCUT2D eigenvalue weighted by Crippen LogP contribution is -2.35. The number of nitrogens with zero attached hydrogens (tertiary/aromatic N) is 1. The summed E-state index contributed by atoms with van der Waals surface area (Å²) >= 11 is 0. The molecule has 3 rings (SSSR count). The molecule has 1 saturated heterocycles. The molecule has 1 amide bonds. The van der Waals surface area contributed by atoms with Crippen LogP contribution in [-0.2, 0) is 14.8 Å². The van der Waals surface area contributed by atoms with E-state index in [2.05, 4.69) is 10.6 Å². The number of aryl methyl sites for hydroxylation is 1. The van der Waals surface area contributed by atoms with Gasteiger partial charge in [0.1, 0.15) is 11.6 Å². The molecule has 1 heterocycles. The van der Waals surface area contributed by atoms with Crippen molar-refractivity contribution in [2.45, 2.75) is 31.1 Å². The molecule has 2 aromatic rings. The molecule has 29 heavy (non-hydrogen) atoms. The SMILES string of the molecule is Cc1ccc(S(=O)(=O)N2CCCCC2)cc1NC(=O)CNc1cc(F)cc(F)c1. The van der Waals surface area contributed by atoms with Crippen LogP contribution in [0.15, 0.2) is 41.3 Å². The van der Waals surface area contributed by atoms with Crippen LogP contribution in [0.1, 0.15) is 24.8 Å². The van der Waals surface area contributed by atoms with Gasteiger partial charge < -0.3 is 10.6 Å². The average molecular weight is 423 g/mol. The first-order chi connectivity index (χ1) is 13.8. The normalized spacial score (nSPS) is 15.1. The molecule has 0 radical (unpaired) electrons. The van der Waals surface area contributed by atoms with Crippen LogP contribution in [0.3, 0.4) is 0 Å². The Balaban J connectivity index is 1.70. The quantitative estimate of drug-likeness (QED) is 0.746. The molecule has 2 N–H and O–H groups in total. The van der Waals surface area contributed by atoms with Crippen molar-refractivity contribution in [3.05, 3.63) is 53.6 Å². The highest BCUT2D eigenvalue weighted by atomic mass is 32.2. The Hall–Kier alpha value is -2.52. The third-order valence-corrected chi connectivity index (χ3v) is 6.65. The van der Waals surface area contributed by atoms with Gasteiger partial charge in [0, 0.05) is 30.5 Å². The van der Waals surface area contributed by atoms with E-state index in [9.17, 15) is 22.0 Å². The van der Waals surface area contributed by atoms with Crippen molar-refractivity contribution in [1.82, 2.24) is 4.31 Å². The summed E-state index contributed by atoms with van der Waals surface area (Å²) in [7, 11) is -3.62. The second-order valence-corrected chi connectivity index (χ2v) is 8.94. The number of rotatable bonds is 6. The van der Waals surface area contributed by atoms with Gasteiger partial charge in [-0.3, -0.25) is 4.79 Å². The third kappa shape index (κ3) is 5.30. The van der Waals surface area contributed by atoms with E-state index in [-0.39, 0.29) is 17.1 Å². The highest BCUT2D eigenvalue weighted by molar-refractivity contribution is 7.89. The first kappa shape index (κ1) is 21.2. The van der Waals surface area contributed by atoms with Gasteiger partial charge in [0.2, 0.25) is 15.9 Å². The highest BCUT2D eigenvalue weighted by Gasteiger charge is 2.26. The Morgan fingerprint density at radius 3 is 2.34 bits per heavy atom. The molecule has 6 nitrogen and oxygen atoms in total. The van der Waals surface area contributed by atoms with Crippen LogP contribution in [-0.4, -0.2) is 38.3 Å².